The summed E-state index contributed by atoms with van der Waals surface area (Å²) in [5.74, 6) is 1.14. The number of fused-ring (bicyclic) bond motifs is 1. The van der Waals surface area contributed by atoms with E-state index >= 15 is 0 Å². The Kier molecular flexibility index (Phi) is 5.38. The number of hydrogen-bond acceptors (Lipinski definition) is 5. The number of aromatic nitrogens is 1. The lowest BCUT2D eigenvalue weighted by molar-refractivity contribution is 0.122. The van der Waals surface area contributed by atoms with Gasteiger partial charge in [-0.2, -0.15) is 0 Å². The van der Waals surface area contributed by atoms with Crippen molar-refractivity contribution in [2.75, 3.05) is 44.3 Å². The van der Waals surface area contributed by atoms with Crippen molar-refractivity contribution in [3.63, 3.8) is 0 Å². The first-order valence-corrected chi connectivity index (χ1v) is 9.90. The van der Waals surface area contributed by atoms with E-state index in [0.29, 0.717) is 6.04 Å². The molecular weight excluding hydrogens is 324 g/mol. The van der Waals surface area contributed by atoms with Crippen molar-refractivity contribution in [2.45, 2.75) is 38.8 Å². The number of likely N-dealkylation sites (tertiary alicyclic amines) is 1. The summed E-state index contributed by atoms with van der Waals surface area (Å²) < 4.78 is 5.55. The van der Waals surface area contributed by atoms with E-state index < -0.39 is 0 Å². The van der Waals surface area contributed by atoms with Gasteiger partial charge in [-0.1, -0.05) is 12.1 Å². The van der Waals surface area contributed by atoms with Crippen LogP contribution in [0.3, 0.4) is 0 Å². The molecule has 1 aromatic heterocycles. The summed E-state index contributed by atoms with van der Waals surface area (Å²) in [7, 11) is 0. The standard InChI is InChI=1S/C21H30N4O/c1-16-4-5-17-14-18(15-24-7-2-3-19(22)6-8-24)21(23-20(17)13-16)25-9-11-26-12-10-25/h4-5,13-14,19H,2-3,6-12,15,22H2,1H3. The SMILES string of the molecule is Cc1ccc2cc(CN3CCCC(N)CC3)c(N3CCOCC3)nc2c1. The average Bonchev–Trinajstić information content (AvgIpc) is 2.86. The summed E-state index contributed by atoms with van der Waals surface area (Å²) in [6, 6.07) is 9.26. The summed E-state index contributed by atoms with van der Waals surface area (Å²) in [6.45, 7) is 8.69. The zero-order valence-electron chi connectivity index (χ0n) is 15.8. The molecule has 0 radical (unpaired) electrons. The maximum atomic E-state index is 6.16. The van der Waals surface area contributed by atoms with Gasteiger partial charge in [0, 0.05) is 36.6 Å². The van der Waals surface area contributed by atoms with Crippen LogP contribution in [-0.2, 0) is 11.3 Å². The van der Waals surface area contributed by atoms with E-state index in [1.807, 2.05) is 0 Å². The Morgan fingerprint density at radius 1 is 1.12 bits per heavy atom. The largest absolute Gasteiger partial charge is 0.378 e. The lowest BCUT2D eigenvalue weighted by atomic mass is 10.1. The molecule has 0 spiro atoms. The molecule has 2 N–H and O–H groups in total. The second-order valence-electron chi connectivity index (χ2n) is 7.73. The number of ether oxygens (including phenoxy) is 1. The fraction of sp³-hybridized carbons (Fsp3) is 0.571. The third-order valence-corrected chi connectivity index (χ3v) is 5.60. The molecule has 0 saturated carbocycles. The number of rotatable bonds is 3. The van der Waals surface area contributed by atoms with Gasteiger partial charge in [-0.05, 0) is 57.0 Å². The predicted octanol–water partition coefficient (Wildman–Crippen LogP) is 2.69. The van der Waals surface area contributed by atoms with Crippen molar-refractivity contribution in [3.8, 4) is 0 Å². The molecule has 1 unspecified atom stereocenters. The van der Waals surface area contributed by atoms with Crippen molar-refractivity contribution in [2.24, 2.45) is 5.73 Å². The Morgan fingerprint density at radius 2 is 1.96 bits per heavy atom. The van der Waals surface area contributed by atoms with Crippen LogP contribution in [0.25, 0.3) is 10.9 Å². The van der Waals surface area contributed by atoms with E-state index in [2.05, 4.69) is 41.0 Å². The van der Waals surface area contributed by atoms with Crippen LogP contribution in [0.4, 0.5) is 5.82 Å². The molecule has 2 aromatic rings. The minimum atomic E-state index is 0.358. The number of nitrogens with two attached hydrogens (primary N) is 1. The van der Waals surface area contributed by atoms with Gasteiger partial charge in [-0.25, -0.2) is 4.98 Å². The van der Waals surface area contributed by atoms with Gasteiger partial charge in [-0.3, -0.25) is 4.90 Å². The monoisotopic (exact) mass is 354 g/mol. The molecule has 4 rings (SSSR count). The molecule has 140 valence electrons. The molecule has 2 fully saturated rings. The highest BCUT2D eigenvalue weighted by Crippen LogP contribution is 2.27. The topological polar surface area (TPSA) is 54.6 Å². The summed E-state index contributed by atoms with van der Waals surface area (Å²) in [5.41, 5.74) is 9.84. The second-order valence-corrected chi connectivity index (χ2v) is 7.73. The van der Waals surface area contributed by atoms with Gasteiger partial charge in [0.05, 0.1) is 18.7 Å². The second kappa shape index (κ2) is 7.91. The Hall–Kier alpha value is -1.69. The van der Waals surface area contributed by atoms with E-state index in [0.717, 1.165) is 70.1 Å². The maximum absolute atomic E-state index is 6.16. The van der Waals surface area contributed by atoms with Gasteiger partial charge in [0.1, 0.15) is 5.82 Å². The number of pyridine rings is 1. The first-order valence-electron chi connectivity index (χ1n) is 9.90. The highest BCUT2D eigenvalue weighted by atomic mass is 16.5. The zero-order valence-corrected chi connectivity index (χ0v) is 15.8. The number of morpholine rings is 1. The predicted molar refractivity (Wildman–Crippen MR) is 107 cm³/mol. The first-order chi connectivity index (χ1) is 12.7. The Morgan fingerprint density at radius 3 is 2.81 bits per heavy atom. The van der Waals surface area contributed by atoms with Gasteiger partial charge in [0.15, 0.2) is 0 Å². The molecule has 5 nitrogen and oxygen atoms in total. The average molecular weight is 354 g/mol. The van der Waals surface area contributed by atoms with E-state index in [4.69, 9.17) is 15.5 Å². The number of hydrogen-bond donors (Lipinski definition) is 1. The van der Waals surface area contributed by atoms with Gasteiger partial charge in [0.2, 0.25) is 0 Å². The third-order valence-electron chi connectivity index (χ3n) is 5.60. The molecule has 5 heteroatoms. The molecule has 0 aliphatic carbocycles. The maximum Gasteiger partial charge on any atom is 0.133 e. The van der Waals surface area contributed by atoms with Crippen LogP contribution >= 0.6 is 0 Å². The Balaban J connectivity index is 1.67. The highest BCUT2D eigenvalue weighted by Gasteiger charge is 2.20. The Bertz CT molecular complexity index is 757. The number of anilines is 1. The van der Waals surface area contributed by atoms with Gasteiger partial charge >= 0.3 is 0 Å². The number of benzene rings is 1. The van der Waals surface area contributed by atoms with Gasteiger partial charge in [-0.15, -0.1) is 0 Å². The molecule has 0 bridgehead atoms. The molecule has 1 atom stereocenters. The molecule has 2 saturated heterocycles. The number of nitrogens with zero attached hydrogens (tertiary/aromatic N) is 3. The van der Waals surface area contributed by atoms with Gasteiger partial charge in [0.25, 0.3) is 0 Å². The van der Waals surface area contributed by atoms with Gasteiger partial charge < -0.3 is 15.4 Å². The molecule has 2 aliphatic heterocycles. The fourth-order valence-corrected chi connectivity index (χ4v) is 4.06. The summed E-state index contributed by atoms with van der Waals surface area (Å²) in [4.78, 5) is 10.0. The minimum Gasteiger partial charge on any atom is -0.378 e. The quantitative estimate of drug-likeness (QED) is 0.918. The molecule has 26 heavy (non-hydrogen) atoms. The van der Waals surface area contributed by atoms with E-state index in [1.165, 1.54) is 22.9 Å². The van der Waals surface area contributed by atoms with Crippen LogP contribution in [0.15, 0.2) is 24.3 Å². The molecule has 2 aliphatic rings. The van der Waals surface area contributed by atoms with Crippen LogP contribution in [0.1, 0.15) is 30.4 Å². The van der Waals surface area contributed by atoms with Crippen molar-refractivity contribution >= 4 is 16.7 Å². The van der Waals surface area contributed by atoms with E-state index in [9.17, 15) is 0 Å². The zero-order chi connectivity index (χ0) is 17.9. The fourth-order valence-electron chi connectivity index (χ4n) is 4.06. The Labute approximate surface area is 156 Å². The van der Waals surface area contributed by atoms with Crippen molar-refractivity contribution in [3.05, 3.63) is 35.4 Å². The van der Waals surface area contributed by atoms with Crippen LogP contribution in [0, 0.1) is 6.92 Å². The van der Waals surface area contributed by atoms with Crippen LogP contribution in [0.5, 0.6) is 0 Å². The van der Waals surface area contributed by atoms with Crippen molar-refractivity contribution in [1.82, 2.24) is 9.88 Å². The summed E-state index contributed by atoms with van der Waals surface area (Å²) in [6.07, 6.45) is 3.42. The molecule has 0 amide bonds. The molecule has 1 aromatic carbocycles. The van der Waals surface area contributed by atoms with Crippen LogP contribution in [0.2, 0.25) is 0 Å². The van der Waals surface area contributed by atoms with Crippen LogP contribution < -0.4 is 10.6 Å². The highest BCUT2D eigenvalue weighted by molar-refractivity contribution is 5.82. The summed E-state index contributed by atoms with van der Waals surface area (Å²) in [5, 5.41) is 1.23. The van der Waals surface area contributed by atoms with Crippen molar-refractivity contribution < 1.29 is 4.74 Å². The minimum absolute atomic E-state index is 0.358. The first kappa shape index (κ1) is 17.7. The van der Waals surface area contributed by atoms with Crippen molar-refractivity contribution in [1.29, 1.82) is 0 Å². The molecule has 3 heterocycles. The summed E-state index contributed by atoms with van der Waals surface area (Å²) >= 11 is 0. The number of aryl methyl sites for hydroxylation is 1. The van der Waals surface area contributed by atoms with E-state index in [1.54, 1.807) is 0 Å². The van der Waals surface area contributed by atoms with Crippen LogP contribution in [-0.4, -0.2) is 55.3 Å². The lowest BCUT2D eigenvalue weighted by Crippen LogP contribution is -2.38. The van der Waals surface area contributed by atoms with E-state index in [-0.39, 0.29) is 0 Å². The normalized spacial score (nSPS) is 22.5. The lowest BCUT2D eigenvalue weighted by Gasteiger charge is -2.31. The smallest absolute Gasteiger partial charge is 0.133 e. The third kappa shape index (κ3) is 4.00. The molecular formula is C21H30N4O.